The molecule has 4 heteroatoms. The first-order valence-corrected chi connectivity index (χ1v) is 8.81. The third kappa shape index (κ3) is 2.53. The van der Waals surface area contributed by atoms with Crippen molar-refractivity contribution in [2.45, 2.75) is 43.7 Å². The van der Waals surface area contributed by atoms with Gasteiger partial charge in [0, 0.05) is 29.0 Å². The van der Waals surface area contributed by atoms with Gasteiger partial charge in [0.05, 0.1) is 0 Å². The highest BCUT2D eigenvalue weighted by Gasteiger charge is 2.49. The third-order valence-corrected chi connectivity index (χ3v) is 5.79. The molecule has 0 aromatic heterocycles. The Hall–Kier alpha value is -0.870. The highest BCUT2D eigenvalue weighted by molar-refractivity contribution is 9.10. The minimum Gasteiger partial charge on any atom is -0.335 e. The van der Waals surface area contributed by atoms with Crippen LogP contribution >= 0.6 is 15.9 Å². The van der Waals surface area contributed by atoms with Gasteiger partial charge in [0.2, 0.25) is 5.91 Å². The van der Waals surface area contributed by atoms with Crippen molar-refractivity contribution in [2.75, 3.05) is 13.1 Å². The van der Waals surface area contributed by atoms with E-state index in [1.807, 2.05) is 6.07 Å². The van der Waals surface area contributed by atoms with E-state index in [-0.39, 0.29) is 5.92 Å². The van der Waals surface area contributed by atoms with Gasteiger partial charge in [-0.3, -0.25) is 4.79 Å². The molecule has 1 amide bonds. The summed E-state index contributed by atoms with van der Waals surface area (Å²) in [4.78, 5) is 15.2. The van der Waals surface area contributed by atoms with Crippen LogP contribution in [0, 0.1) is 5.92 Å². The molecule has 4 unspecified atom stereocenters. The van der Waals surface area contributed by atoms with Gasteiger partial charge < -0.3 is 10.2 Å². The monoisotopic (exact) mass is 348 g/mol. The molecule has 3 nitrogen and oxygen atoms in total. The molecule has 3 aliphatic rings. The minimum atomic E-state index is 0.223. The summed E-state index contributed by atoms with van der Waals surface area (Å²) in [5, 5.41) is 3.47. The van der Waals surface area contributed by atoms with Gasteiger partial charge in [-0.25, -0.2) is 0 Å². The molecule has 4 atom stereocenters. The standard InChI is InChI=1S/C17H21BrN2O/c18-12-3-1-2-11(8-12)15-9-16(15)17(21)20-13-4-5-14(20)10-19-7-6-13/h1-3,8,13-16,19H,4-7,9-10H2. The van der Waals surface area contributed by atoms with Crippen molar-refractivity contribution >= 4 is 21.8 Å². The van der Waals surface area contributed by atoms with Crippen molar-refractivity contribution in [2.24, 2.45) is 5.92 Å². The molecule has 1 N–H and O–H groups in total. The Bertz CT molecular complexity index is 547. The first-order chi connectivity index (χ1) is 10.2. The molecular formula is C17H21BrN2O. The van der Waals surface area contributed by atoms with Crippen LogP contribution in [0.1, 0.15) is 37.2 Å². The van der Waals surface area contributed by atoms with E-state index in [1.54, 1.807) is 0 Å². The lowest BCUT2D eigenvalue weighted by Gasteiger charge is -2.28. The van der Waals surface area contributed by atoms with Gasteiger partial charge in [0.15, 0.2) is 0 Å². The highest BCUT2D eigenvalue weighted by Crippen LogP contribution is 2.50. The smallest absolute Gasteiger partial charge is 0.226 e. The number of benzene rings is 1. The first kappa shape index (κ1) is 13.8. The molecule has 0 radical (unpaired) electrons. The number of hydrogen-bond donors (Lipinski definition) is 1. The maximum Gasteiger partial charge on any atom is 0.226 e. The maximum atomic E-state index is 12.9. The lowest BCUT2D eigenvalue weighted by atomic mass is 10.1. The number of nitrogens with one attached hydrogen (secondary N) is 1. The topological polar surface area (TPSA) is 32.3 Å². The quantitative estimate of drug-likeness (QED) is 0.891. The lowest BCUT2D eigenvalue weighted by Crippen LogP contribution is -2.43. The van der Waals surface area contributed by atoms with Crippen LogP contribution in [0.15, 0.2) is 28.7 Å². The van der Waals surface area contributed by atoms with E-state index in [0.29, 0.717) is 23.9 Å². The summed E-state index contributed by atoms with van der Waals surface area (Å²) in [6, 6.07) is 9.36. The molecule has 2 bridgehead atoms. The van der Waals surface area contributed by atoms with Gasteiger partial charge in [-0.15, -0.1) is 0 Å². The molecule has 1 saturated carbocycles. The summed E-state index contributed by atoms with van der Waals surface area (Å²) in [5.74, 6) is 1.07. The molecule has 1 aromatic rings. The van der Waals surface area contributed by atoms with Crippen LogP contribution in [0.2, 0.25) is 0 Å². The largest absolute Gasteiger partial charge is 0.335 e. The maximum absolute atomic E-state index is 12.9. The van der Waals surface area contributed by atoms with Gasteiger partial charge in [0.1, 0.15) is 0 Å². The number of amides is 1. The fourth-order valence-corrected chi connectivity index (χ4v) is 4.52. The fraction of sp³-hybridized carbons (Fsp3) is 0.588. The second kappa shape index (κ2) is 5.40. The number of carbonyl (C=O) groups excluding carboxylic acids is 1. The summed E-state index contributed by atoms with van der Waals surface area (Å²) in [5.41, 5.74) is 1.31. The fourth-order valence-electron chi connectivity index (χ4n) is 4.11. The molecule has 3 fully saturated rings. The summed E-state index contributed by atoms with van der Waals surface area (Å²) in [6.45, 7) is 2.04. The van der Waals surface area contributed by atoms with E-state index in [2.05, 4.69) is 44.3 Å². The van der Waals surface area contributed by atoms with E-state index < -0.39 is 0 Å². The number of nitrogens with zero attached hydrogens (tertiary/aromatic N) is 1. The van der Waals surface area contributed by atoms with Crippen LogP contribution < -0.4 is 5.32 Å². The van der Waals surface area contributed by atoms with Crippen molar-refractivity contribution in [3.8, 4) is 0 Å². The molecule has 112 valence electrons. The average molecular weight is 349 g/mol. The lowest BCUT2D eigenvalue weighted by molar-refractivity contribution is -0.135. The SMILES string of the molecule is O=C(C1CC1c1cccc(Br)c1)N1C2CCNCC1CC2. The minimum absolute atomic E-state index is 0.223. The predicted molar refractivity (Wildman–Crippen MR) is 86.1 cm³/mol. The molecule has 4 rings (SSSR count). The van der Waals surface area contributed by atoms with Crippen LogP contribution in [0.3, 0.4) is 0 Å². The summed E-state index contributed by atoms with van der Waals surface area (Å²) >= 11 is 3.53. The van der Waals surface area contributed by atoms with Crippen LogP contribution in [0.5, 0.6) is 0 Å². The number of carbonyl (C=O) groups is 1. The Morgan fingerprint density at radius 2 is 2.10 bits per heavy atom. The molecule has 2 saturated heterocycles. The van der Waals surface area contributed by atoms with Gasteiger partial charge in [-0.2, -0.15) is 0 Å². The Balaban J connectivity index is 1.49. The van der Waals surface area contributed by atoms with Crippen LogP contribution in [0.4, 0.5) is 0 Å². The van der Waals surface area contributed by atoms with E-state index in [1.165, 1.54) is 18.4 Å². The zero-order chi connectivity index (χ0) is 14.4. The van der Waals surface area contributed by atoms with E-state index in [0.717, 1.165) is 30.4 Å². The highest BCUT2D eigenvalue weighted by atomic mass is 79.9. The van der Waals surface area contributed by atoms with Gasteiger partial charge in [-0.05, 0) is 55.8 Å². The van der Waals surface area contributed by atoms with Crippen LogP contribution in [-0.4, -0.2) is 36.0 Å². The van der Waals surface area contributed by atoms with Gasteiger partial charge in [-0.1, -0.05) is 28.1 Å². The van der Waals surface area contributed by atoms with E-state index in [9.17, 15) is 4.79 Å². The van der Waals surface area contributed by atoms with Crippen molar-refractivity contribution < 1.29 is 4.79 Å². The summed E-state index contributed by atoms with van der Waals surface area (Å²) < 4.78 is 1.11. The van der Waals surface area contributed by atoms with Gasteiger partial charge >= 0.3 is 0 Å². The molecule has 21 heavy (non-hydrogen) atoms. The zero-order valence-electron chi connectivity index (χ0n) is 12.1. The Kier molecular flexibility index (Phi) is 3.54. The number of fused-ring (bicyclic) bond motifs is 2. The first-order valence-electron chi connectivity index (χ1n) is 8.02. The molecule has 1 aliphatic carbocycles. The predicted octanol–water partition coefficient (Wildman–Crippen LogP) is 2.91. The van der Waals surface area contributed by atoms with Crippen molar-refractivity contribution in [1.29, 1.82) is 0 Å². The van der Waals surface area contributed by atoms with Crippen molar-refractivity contribution in [1.82, 2.24) is 10.2 Å². The number of halogens is 1. The Morgan fingerprint density at radius 1 is 1.24 bits per heavy atom. The molecule has 2 aliphatic heterocycles. The van der Waals surface area contributed by atoms with E-state index >= 15 is 0 Å². The zero-order valence-corrected chi connectivity index (χ0v) is 13.7. The van der Waals surface area contributed by atoms with Crippen LogP contribution in [-0.2, 0) is 4.79 Å². The summed E-state index contributed by atoms with van der Waals surface area (Å²) in [7, 11) is 0. The number of hydrogen-bond acceptors (Lipinski definition) is 2. The molecule has 1 aromatic carbocycles. The normalized spacial score (nSPS) is 34.6. The Morgan fingerprint density at radius 3 is 2.95 bits per heavy atom. The van der Waals surface area contributed by atoms with E-state index in [4.69, 9.17) is 0 Å². The van der Waals surface area contributed by atoms with Gasteiger partial charge in [0.25, 0.3) is 0 Å². The molecule has 0 spiro atoms. The van der Waals surface area contributed by atoms with Crippen LogP contribution in [0.25, 0.3) is 0 Å². The average Bonchev–Trinajstić information content (AvgIpc) is 3.18. The third-order valence-electron chi connectivity index (χ3n) is 5.29. The Labute approximate surface area is 134 Å². The molecule has 2 heterocycles. The van der Waals surface area contributed by atoms with Crippen molar-refractivity contribution in [3.05, 3.63) is 34.3 Å². The second-order valence-electron chi connectivity index (χ2n) is 6.63. The van der Waals surface area contributed by atoms with Crippen molar-refractivity contribution in [3.63, 3.8) is 0 Å². The number of rotatable bonds is 2. The second-order valence-corrected chi connectivity index (χ2v) is 7.54. The summed E-state index contributed by atoms with van der Waals surface area (Å²) in [6.07, 6.45) is 4.53. The molecular weight excluding hydrogens is 328 g/mol.